The molecule has 37 heavy (non-hydrogen) atoms. The van der Waals surface area contributed by atoms with Crippen LogP contribution in [0.5, 0.6) is 0 Å². The monoisotopic (exact) mass is 528 g/mol. The minimum Gasteiger partial charge on any atom is -0.341 e. The van der Waals surface area contributed by atoms with E-state index >= 15 is 0 Å². The second kappa shape index (κ2) is 7.68. The molecule has 1 fully saturated rings. The Hall–Kier alpha value is -3.15. The third-order valence-electron chi connectivity index (χ3n) is 8.98. The topological polar surface area (TPSA) is 59.8 Å². The van der Waals surface area contributed by atoms with E-state index in [1.54, 1.807) is 12.1 Å². The quantitative estimate of drug-likeness (QED) is 0.259. The fourth-order valence-electron chi connectivity index (χ4n) is 7.09. The van der Waals surface area contributed by atoms with Crippen molar-refractivity contribution in [3.8, 4) is 0 Å². The van der Waals surface area contributed by atoms with Crippen LogP contribution < -0.4 is 5.32 Å². The first-order valence-electron chi connectivity index (χ1n) is 12.8. The summed E-state index contributed by atoms with van der Waals surface area (Å²) in [6.45, 7) is 7.39. The number of halogens is 2. The summed E-state index contributed by atoms with van der Waals surface area (Å²) in [5.74, 6) is 0.135. The molecule has 2 aliphatic rings. The molecule has 2 heterocycles. The van der Waals surface area contributed by atoms with Crippen molar-refractivity contribution in [3.05, 3.63) is 76.0 Å². The summed E-state index contributed by atoms with van der Waals surface area (Å²) < 4.78 is 2.31. The number of benzene rings is 3. The summed E-state index contributed by atoms with van der Waals surface area (Å²) in [5, 5.41) is 6.51. The van der Waals surface area contributed by atoms with E-state index in [1.807, 2.05) is 6.07 Å². The van der Waals surface area contributed by atoms with E-state index in [4.69, 9.17) is 33.2 Å². The summed E-state index contributed by atoms with van der Waals surface area (Å²) in [7, 11) is 0. The van der Waals surface area contributed by atoms with E-state index in [0.29, 0.717) is 21.1 Å². The average molecular weight is 529 g/mol. The average Bonchev–Trinajstić information content (AvgIpc) is 3.41. The van der Waals surface area contributed by atoms with Gasteiger partial charge in [0.05, 0.1) is 37.9 Å². The number of para-hydroxylation sites is 1. The van der Waals surface area contributed by atoms with Gasteiger partial charge in [0.1, 0.15) is 0 Å². The zero-order valence-electron chi connectivity index (χ0n) is 20.9. The number of nitrogens with one attached hydrogen (secondary N) is 1. The maximum atomic E-state index is 14.3. The van der Waals surface area contributed by atoms with Crippen molar-refractivity contribution < 1.29 is 4.79 Å². The van der Waals surface area contributed by atoms with Gasteiger partial charge < -0.3 is 9.88 Å². The van der Waals surface area contributed by atoms with Crippen molar-refractivity contribution in [1.29, 1.82) is 0 Å². The molecule has 2 bridgehead atoms. The molecule has 0 saturated heterocycles. The van der Waals surface area contributed by atoms with Crippen LogP contribution >= 0.6 is 23.2 Å². The largest absolute Gasteiger partial charge is 0.341 e. The molecular formula is C30H26Cl2N4O. The Morgan fingerprint density at radius 1 is 1.00 bits per heavy atom. The maximum Gasteiger partial charge on any atom is 0.237 e. The summed E-state index contributed by atoms with van der Waals surface area (Å²) in [6.07, 6.45) is 1.64. The molecule has 0 radical (unpaired) electrons. The van der Waals surface area contributed by atoms with Crippen LogP contribution in [0.4, 0.5) is 5.69 Å². The minimum atomic E-state index is -0.771. The number of aryl methyl sites for hydroxylation is 1. The Kier molecular flexibility index (Phi) is 4.78. The summed E-state index contributed by atoms with van der Waals surface area (Å²) in [5.41, 5.74) is 5.14. The van der Waals surface area contributed by atoms with Gasteiger partial charge in [0.15, 0.2) is 0 Å². The standard InChI is InChI=1S/C30H26Cl2N4O/c1-4-36-24-8-6-5-7-17(24)18-13-16(9-10-25(18)36)33-28(37)30-12-11-19(29(30,2)3)26-27(30)35-23-15-21(32)20(31)14-22(23)34-26/h5-10,13-15,19H,4,11-12H2,1-3H3,(H,33,37). The fraction of sp³-hybridized carbons (Fsp3) is 0.300. The number of rotatable bonds is 3. The van der Waals surface area contributed by atoms with Gasteiger partial charge in [-0.25, -0.2) is 9.97 Å². The van der Waals surface area contributed by atoms with Gasteiger partial charge >= 0.3 is 0 Å². The number of hydrogen-bond acceptors (Lipinski definition) is 3. The molecule has 5 nitrogen and oxygen atoms in total. The molecule has 2 aliphatic carbocycles. The smallest absolute Gasteiger partial charge is 0.237 e. The van der Waals surface area contributed by atoms with Crippen LogP contribution in [-0.4, -0.2) is 20.4 Å². The molecular weight excluding hydrogens is 503 g/mol. The highest BCUT2D eigenvalue weighted by molar-refractivity contribution is 6.42. The molecule has 1 saturated carbocycles. The van der Waals surface area contributed by atoms with Crippen molar-refractivity contribution in [2.24, 2.45) is 5.41 Å². The van der Waals surface area contributed by atoms with E-state index in [0.717, 1.165) is 41.8 Å². The minimum absolute atomic E-state index is 0.0222. The number of anilines is 1. The lowest BCUT2D eigenvalue weighted by Crippen LogP contribution is -2.46. The number of fused-ring (bicyclic) bond motifs is 9. The van der Waals surface area contributed by atoms with E-state index in [1.165, 1.54) is 16.4 Å². The van der Waals surface area contributed by atoms with Crippen LogP contribution in [0, 0.1) is 5.41 Å². The Bertz CT molecular complexity index is 1790. The Morgan fingerprint density at radius 3 is 2.46 bits per heavy atom. The Morgan fingerprint density at radius 2 is 1.70 bits per heavy atom. The molecule has 2 atom stereocenters. The van der Waals surface area contributed by atoms with E-state index in [9.17, 15) is 4.79 Å². The van der Waals surface area contributed by atoms with Gasteiger partial charge in [-0.2, -0.15) is 0 Å². The molecule has 3 aromatic carbocycles. The molecule has 2 unspecified atom stereocenters. The highest BCUT2D eigenvalue weighted by Gasteiger charge is 2.67. The zero-order valence-corrected chi connectivity index (χ0v) is 22.4. The maximum absolute atomic E-state index is 14.3. The van der Waals surface area contributed by atoms with Gasteiger partial charge in [0.25, 0.3) is 0 Å². The van der Waals surface area contributed by atoms with Crippen LogP contribution in [0.2, 0.25) is 10.0 Å². The lowest BCUT2D eigenvalue weighted by Gasteiger charge is -2.36. The second-order valence-electron chi connectivity index (χ2n) is 10.9. The van der Waals surface area contributed by atoms with Gasteiger partial charge in [-0.1, -0.05) is 55.2 Å². The van der Waals surface area contributed by atoms with Gasteiger partial charge in [-0.3, -0.25) is 4.79 Å². The van der Waals surface area contributed by atoms with Crippen LogP contribution in [0.15, 0.2) is 54.6 Å². The molecule has 186 valence electrons. The molecule has 5 aromatic rings. The SMILES string of the molecule is CCn1c2ccccc2c2cc(NC(=O)C34CCC(c5nc6cc(Cl)c(Cl)cc6nc53)C4(C)C)ccc21. The highest BCUT2D eigenvalue weighted by Crippen LogP contribution is 2.67. The molecule has 1 N–H and O–H groups in total. The van der Waals surface area contributed by atoms with E-state index < -0.39 is 5.41 Å². The zero-order chi connectivity index (χ0) is 25.7. The van der Waals surface area contributed by atoms with E-state index in [2.05, 4.69) is 67.1 Å². The molecule has 0 spiro atoms. The first kappa shape index (κ1) is 23.0. The molecule has 2 aromatic heterocycles. The van der Waals surface area contributed by atoms with E-state index in [-0.39, 0.29) is 17.2 Å². The normalized spacial score (nSPS) is 21.7. The lowest BCUT2D eigenvalue weighted by molar-refractivity contribution is -0.124. The highest BCUT2D eigenvalue weighted by atomic mass is 35.5. The van der Waals surface area contributed by atoms with Gasteiger partial charge in [-0.15, -0.1) is 0 Å². The Labute approximate surface area is 224 Å². The Balaban J connectivity index is 1.35. The number of carbonyl (C=O) groups excluding carboxylic acids is 1. The summed E-state index contributed by atoms with van der Waals surface area (Å²) in [6, 6.07) is 18.1. The van der Waals surface area contributed by atoms with Crippen molar-refractivity contribution in [2.75, 3.05) is 5.32 Å². The van der Waals surface area contributed by atoms with Crippen LogP contribution in [0.1, 0.15) is 50.9 Å². The summed E-state index contributed by atoms with van der Waals surface area (Å²) in [4.78, 5) is 24.2. The summed E-state index contributed by atoms with van der Waals surface area (Å²) >= 11 is 12.6. The third-order valence-corrected chi connectivity index (χ3v) is 9.70. The predicted octanol–water partition coefficient (Wildman–Crippen LogP) is 7.86. The lowest BCUT2D eigenvalue weighted by atomic mass is 9.67. The van der Waals surface area contributed by atoms with Crippen molar-refractivity contribution >= 4 is 67.6 Å². The first-order valence-corrected chi connectivity index (χ1v) is 13.5. The molecule has 7 heteroatoms. The first-order chi connectivity index (χ1) is 17.8. The fourth-order valence-corrected chi connectivity index (χ4v) is 7.41. The van der Waals surface area contributed by atoms with Crippen LogP contribution in [0.3, 0.4) is 0 Å². The van der Waals surface area contributed by atoms with Gasteiger partial charge in [-0.05, 0) is 61.6 Å². The number of nitrogens with zero attached hydrogens (tertiary/aromatic N) is 3. The second-order valence-corrected chi connectivity index (χ2v) is 11.7. The number of hydrogen-bond donors (Lipinski definition) is 1. The number of carbonyl (C=O) groups is 1. The molecule has 0 aliphatic heterocycles. The van der Waals surface area contributed by atoms with Crippen molar-refractivity contribution in [3.63, 3.8) is 0 Å². The third kappa shape index (κ3) is 2.90. The van der Waals surface area contributed by atoms with Gasteiger partial charge in [0, 0.05) is 40.0 Å². The van der Waals surface area contributed by atoms with Gasteiger partial charge in [0.2, 0.25) is 5.91 Å². The van der Waals surface area contributed by atoms with Crippen LogP contribution in [-0.2, 0) is 16.8 Å². The predicted molar refractivity (Wildman–Crippen MR) is 151 cm³/mol. The van der Waals surface area contributed by atoms with Crippen molar-refractivity contribution in [2.45, 2.75) is 51.5 Å². The number of amides is 1. The molecule has 7 rings (SSSR count). The van der Waals surface area contributed by atoms with Crippen molar-refractivity contribution in [1.82, 2.24) is 14.5 Å². The van der Waals surface area contributed by atoms with Crippen LogP contribution in [0.25, 0.3) is 32.8 Å². The number of aromatic nitrogens is 3. The molecule has 1 amide bonds.